The summed E-state index contributed by atoms with van der Waals surface area (Å²) in [4.78, 5) is 0. The van der Waals surface area contributed by atoms with Gasteiger partial charge in [-0.05, 0) is 6.42 Å². The highest BCUT2D eigenvalue weighted by molar-refractivity contribution is 6.99. The number of allylic oxidation sites excluding steroid dienone is 4. The maximum Gasteiger partial charge on any atom is 0.240 e. The van der Waals surface area contributed by atoms with Crippen LogP contribution >= 0.6 is 0 Å². The first kappa shape index (κ1) is 22.5. The average molecular weight is 452 g/mol. The van der Waals surface area contributed by atoms with Crippen LogP contribution in [-0.4, -0.2) is 22.2 Å². The van der Waals surface area contributed by atoms with Gasteiger partial charge in [-0.15, -0.1) is 0 Å². The lowest BCUT2D eigenvalue weighted by atomic mass is 9.27. The average Bonchev–Trinajstić information content (AvgIpc) is 3.31. The Morgan fingerprint density at radius 1 is 0.500 bits per heavy atom. The van der Waals surface area contributed by atoms with Gasteiger partial charge in [0.05, 0.1) is 8.80 Å². The Balaban J connectivity index is 1.74. The minimum Gasteiger partial charge on any atom is -0.0861 e. The molecule has 0 aromatic heterocycles. The molecule has 0 unspecified atom stereocenters. The maximum atomic E-state index is 2.54. The molecule has 0 heterocycles. The maximum absolute atomic E-state index is 2.54. The second kappa shape index (κ2) is 10.3. The Bertz CT molecular complexity index is 1200. The van der Waals surface area contributed by atoms with E-state index in [0.717, 1.165) is 6.42 Å². The van der Waals surface area contributed by atoms with Crippen LogP contribution in [0.1, 0.15) is 6.42 Å². The minimum atomic E-state index is -1.02. The summed E-state index contributed by atoms with van der Waals surface area (Å²) < 4.78 is 0. The van der Waals surface area contributed by atoms with Crippen molar-refractivity contribution in [3.8, 4) is 0 Å². The number of rotatable bonds is 7. The highest BCUT2D eigenvalue weighted by Gasteiger charge is 2.37. The summed E-state index contributed by atoms with van der Waals surface area (Å²) in [6.45, 7) is 5.45. The molecule has 34 heavy (non-hydrogen) atoms. The molecule has 0 radical (unpaired) electrons. The zero-order valence-corrected chi connectivity index (χ0v) is 21.2. The van der Waals surface area contributed by atoms with E-state index in [4.69, 9.17) is 0 Å². The van der Waals surface area contributed by atoms with Crippen LogP contribution in [0, 0.1) is 0 Å². The Morgan fingerprint density at radius 2 is 0.853 bits per heavy atom. The Labute approximate surface area is 206 Å². The molecule has 0 aliphatic heterocycles. The van der Waals surface area contributed by atoms with Crippen molar-refractivity contribution in [1.29, 1.82) is 0 Å². The van der Waals surface area contributed by atoms with Gasteiger partial charge in [-0.1, -0.05) is 178 Å². The highest BCUT2D eigenvalue weighted by atomic mass is 28.3. The molecule has 0 N–H and O–H groups in total. The smallest absolute Gasteiger partial charge is 0.0861 e. The lowest BCUT2D eigenvalue weighted by Gasteiger charge is -2.27. The first-order valence-corrected chi connectivity index (χ1v) is 15.3. The summed E-state index contributed by atoms with van der Waals surface area (Å²) in [5.74, 6) is 0. The van der Waals surface area contributed by atoms with Crippen LogP contribution in [0.25, 0.3) is 0 Å². The van der Waals surface area contributed by atoms with E-state index in [0.29, 0.717) is 0 Å². The summed E-state index contributed by atoms with van der Waals surface area (Å²) in [5.41, 5.74) is 8.54. The Kier molecular flexibility index (Phi) is 6.83. The lowest BCUT2D eigenvalue weighted by Crippen LogP contribution is -2.51. The van der Waals surface area contributed by atoms with Crippen LogP contribution in [0.2, 0.25) is 13.1 Å². The normalized spacial score (nSPS) is 13.2. The fourth-order valence-corrected chi connectivity index (χ4v) is 7.00. The molecule has 0 nitrogen and oxygen atoms in total. The quantitative estimate of drug-likeness (QED) is 0.366. The van der Waals surface area contributed by atoms with Gasteiger partial charge in [0.25, 0.3) is 0 Å². The summed E-state index contributed by atoms with van der Waals surface area (Å²) >= 11 is 0. The first-order chi connectivity index (χ1) is 16.7. The molecule has 0 fully saturated rings. The van der Waals surface area contributed by atoms with Crippen molar-refractivity contribution < 1.29 is 0 Å². The van der Waals surface area contributed by atoms with Crippen molar-refractivity contribution in [3.05, 3.63) is 144 Å². The van der Waals surface area contributed by atoms with Crippen molar-refractivity contribution in [2.24, 2.45) is 0 Å². The molecule has 4 aromatic rings. The number of hydrogen-bond acceptors (Lipinski definition) is 0. The topological polar surface area (TPSA) is 0 Å². The van der Waals surface area contributed by atoms with Crippen molar-refractivity contribution >= 4 is 44.1 Å². The zero-order chi connectivity index (χ0) is 23.3. The van der Waals surface area contributed by atoms with Gasteiger partial charge in [0, 0.05) is 0 Å². The van der Waals surface area contributed by atoms with Gasteiger partial charge < -0.3 is 0 Å². The van der Waals surface area contributed by atoms with E-state index in [9.17, 15) is 0 Å². The summed E-state index contributed by atoms with van der Waals surface area (Å²) in [7, 11) is -1.02. The van der Waals surface area contributed by atoms with Crippen molar-refractivity contribution in [1.82, 2.24) is 0 Å². The van der Waals surface area contributed by atoms with Crippen LogP contribution in [0.5, 0.6) is 0 Å². The standard InChI is InChI=1S/C31H30B2Si/c1-34(2)30-24-23-29(32(25-15-7-3-8-16-25)26-17-9-4-10-18-26)31(30)33(27-19-11-5-12-20-27)28-21-13-6-14-22-28/h3-23,34H,24H2,1-2H3. The summed E-state index contributed by atoms with van der Waals surface area (Å²) in [6.07, 6.45) is 3.63. The van der Waals surface area contributed by atoms with Crippen molar-refractivity contribution in [3.63, 3.8) is 0 Å². The van der Waals surface area contributed by atoms with Gasteiger partial charge in [-0.25, -0.2) is 0 Å². The molecule has 0 amide bonds. The molecule has 0 saturated heterocycles. The van der Waals surface area contributed by atoms with Gasteiger partial charge in [-0.3, -0.25) is 0 Å². The number of benzene rings is 4. The molecule has 0 saturated carbocycles. The molecule has 4 aromatic carbocycles. The zero-order valence-electron chi connectivity index (χ0n) is 20.1. The Hall–Kier alpha value is -3.29. The van der Waals surface area contributed by atoms with E-state index in [1.54, 1.807) is 10.7 Å². The second-order valence-electron chi connectivity index (χ2n) is 9.47. The third kappa shape index (κ3) is 4.54. The molecule has 1 aliphatic rings. The predicted molar refractivity (Wildman–Crippen MR) is 154 cm³/mol. The molecule has 0 spiro atoms. The molecule has 0 atom stereocenters. The van der Waals surface area contributed by atoms with Crippen LogP contribution in [0.4, 0.5) is 0 Å². The van der Waals surface area contributed by atoms with Gasteiger partial charge >= 0.3 is 0 Å². The predicted octanol–water partition coefficient (Wildman–Crippen LogP) is 4.34. The SMILES string of the molecule is C[SiH](C)C1=C(B(c2ccccc2)c2ccccc2)C(B(c2ccccc2)c2ccccc2)=CC1. The van der Waals surface area contributed by atoms with Gasteiger partial charge in [0.2, 0.25) is 13.4 Å². The van der Waals surface area contributed by atoms with Gasteiger partial charge in [0.1, 0.15) is 0 Å². The number of hydrogen-bond donors (Lipinski definition) is 0. The molecular weight excluding hydrogens is 422 g/mol. The molecular formula is C31H30B2Si. The van der Waals surface area contributed by atoms with Crippen LogP contribution in [-0.2, 0) is 0 Å². The van der Waals surface area contributed by atoms with Crippen LogP contribution < -0.4 is 21.9 Å². The third-order valence-electron chi connectivity index (χ3n) is 7.03. The molecule has 1 aliphatic carbocycles. The molecule has 0 bridgehead atoms. The molecule has 3 heteroatoms. The highest BCUT2D eigenvalue weighted by Crippen LogP contribution is 2.32. The van der Waals surface area contributed by atoms with E-state index in [1.807, 2.05) is 0 Å². The van der Waals surface area contributed by atoms with Gasteiger partial charge in [-0.2, -0.15) is 0 Å². The van der Waals surface area contributed by atoms with Crippen LogP contribution in [0.15, 0.2) is 144 Å². The largest absolute Gasteiger partial charge is 0.240 e. The van der Waals surface area contributed by atoms with E-state index >= 15 is 0 Å². The van der Waals surface area contributed by atoms with E-state index in [2.05, 4.69) is 140 Å². The van der Waals surface area contributed by atoms with E-state index in [-0.39, 0.29) is 13.4 Å². The fourth-order valence-electron chi connectivity index (χ4n) is 5.46. The van der Waals surface area contributed by atoms with Crippen molar-refractivity contribution in [2.75, 3.05) is 0 Å². The molecule has 164 valence electrons. The monoisotopic (exact) mass is 452 g/mol. The van der Waals surface area contributed by atoms with E-state index in [1.165, 1.54) is 27.3 Å². The summed E-state index contributed by atoms with van der Waals surface area (Å²) in [6, 6.07) is 44.3. The first-order valence-electron chi connectivity index (χ1n) is 12.4. The minimum absolute atomic E-state index is 0.234. The molecule has 5 rings (SSSR count). The third-order valence-corrected chi connectivity index (χ3v) is 8.97. The van der Waals surface area contributed by atoms with Gasteiger partial charge in [0.15, 0.2) is 0 Å². The fraction of sp³-hybridized carbons (Fsp3) is 0.0968. The lowest BCUT2D eigenvalue weighted by molar-refractivity contribution is 1.37. The van der Waals surface area contributed by atoms with Crippen LogP contribution in [0.3, 0.4) is 0 Å². The van der Waals surface area contributed by atoms with Crippen molar-refractivity contribution in [2.45, 2.75) is 19.5 Å². The second-order valence-corrected chi connectivity index (χ2v) is 12.5. The Morgan fingerprint density at radius 3 is 1.21 bits per heavy atom. The van der Waals surface area contributed by atoms with E-state index < -0.39 is 8.80 Å². The summed E-state index contributed by atoms with van der Waals surface area (Å²) in [5, 5.41) is 1.70.